The van der Waals surface area contributed by atoms with Crippen LogP contribution in [0, 0.1) is 5.92 Å². The van der Waals surface area contributed by atoms with Gasteiger partial charge in [-0.1, -0.05) is 0 Å². The molecule has 2 saturated heterocycles. The number of aromatic nitrogens is 1. The number of pyridine rings is 1. The monoisotopic (exact) mass is 473 g/mol. The average Bonchev–Trinajstić information content (AvgIpc) is 3.12. The Balaban J connectivity index is 0.00000243. The minimum Gasteiger partial charge on any atom is -0.384 e. The van der Waals surface area contributed by atoms with Crippen molar-refractivity contribution < 1.29 is 4.74 Å². The molecule has 0 bridgehead atoms. The predicted octanol–water partition coefficient (Wildman–Crippen LogP) is 2.73. The number of nitrogens with zero attached hydrogens (tertiary/aromatic N) is 4. The van der Waals surface area contributed by atoms with E-state index in [0.29, 0.717) is 5.92 Å². The molecular weight excluding hydrogens is 441 g/mol. The average molecular weight is 473 g/mol. The van der Waals surface area contributed by atoms with Crippen molar-refractivity contribution in [2.75, 3.05) is 51.8 Å². The lowest BCUT2D eigenvalue weighted by atomic mass is 10.1. The van der Waals surface area contributed by atoms with E-state index in [1.54, 1.807) is 7.11 Å². The van der Waals surface area contributed by atoms with Gasteiger partial charge in [0.1, 0.15) is 5.82 Å². The molecule has 7 heteroatoms. The quantitative estimate of drug-likeness (QED) is 0.405. The topological polar surface area (TPSA) is 53.0 Å². The van der Waals surface area contributed by atoms with Crippen LogP contribution in [0.5, 0.6) is 0 Å². The molecule has 2 aliphatic heterocycles. The van der Waals surface area contributed by atoms with Gasteiger partial charge >= 0.3 is 0 Å². The second-order valence-electron chi connectivity index (χ2n) is 7.03. The number of likely N-dealkylation sites (tertiary alicyclic amines) is 1. The smallest absolute Gasteiger partial charge is 0.193 e. The first-order valence-electron chi connectivity index (χ1n) is 9.44. The van der Waals surface area contributed by atoms with Gasteiger partial charge in [-0.2, -0.15) is 0 Å². The maximum Gasteiger partial charge on any atom is 0.193 e. The van der Waals surface area contributed by atoms with Gasteiger partial charge in [-0.05, 0) is 43.4 Å². The van der Waals surface area contributed by atoms with Crippen LogP contribution in [0.3, 0.4) is 0 Å². The largest absolute Gasteiger partial charge is 0.384 e. The molecule has 26 heavy (non-hydrogen) atoms. The fraction of sp³-hybridized carbons (Fsp3) is 0.684. The van der Waals surface area contributed by atoms with E-state index in [1.807, 2.05) is 13.2 Å². The van der Waals surface area contributed by atoms with Gasteiger partial charge in [-0.15, -0.1) is 24.0 Å². The summed E-state index contributed by atoms with van der Waals surface area (Å²) in [5.74, 6) is 2.69. The van der Waals surface area contributed by atoms with Gasteiger partial charge in [0.25, 0.3) is 0 Å². The number of guanidine groups is 1. The highest BCUT2D eigenvalue weighted by atomic mass is 127. The lowest BCUT2D eigenvalue weighted by Crippen LogP contribution is -2.39. The van der Waals surface area contributed by atoms with E-state index < -0.39 is 0 Å². The van der Waals surface area contributed by atoms with Crippen LogP contribution in [0.4, 0.5) is 5.82 Å². The highest BCUT2D eigenvalue weighted by Gasteiger charge is 2.24. The third-order valence-electron chi connectivity index (χ3n) is 5.14. The molecule has 0 radical (unpaired) electrons. The van der Waals surface area contributed by atoms with Gasteiger partial charge in [0.15, 0.2) is 5.96 Å². The van der Waals surface area contributed by atoms with Crippen molar-refractivity contribution in [2.45, 2.75) is 32.2 Å². The summed E-state index contributed by atoms with van der Waals surface area (Å²) in [6, 6.07) is 4.30. The van der Waals surface area contributed by atoms with E-state index in [1.165, 1.54) is 31.2 Å². The summed E-state index contributed by atoms with van der Waals surface area (Å²) in [4.78, 5) is 13.7. The molecular formula is C19H32IN5O. The van der Waals surface area contributed by atoms with Gasteiger partial charge in [-0.25, -0.2) is 4.98 Å². The van der Waals surface area contributed by atoms with E-state index in [-0.39, 0.29) is 24.0 Å². The number of halogens is 1. The van der Waals surface area contributed by atoms with E-state index in [4.69, 9.17) is 4.74 Å². The Hall–Kier alpha value is -1.09. The van der Waals surface area contributed by atoms with Crippen LogP contribution in [0.25, 0.3) is 0 Å². The summed E-state index contributed by atoms with van der Waals surface area (Å²) >= 11 is 0. The fourth-order valence-corrected chi connectivity index (χ4v) is 3.78. The first-order chi connectivity index (χ1) is 12.3. The molecule has 3 rings (SSSR count). The number of hydrogen-bond donors (Lipinski definition) is 1. The van der Waals surface area contributed by atoms with Gasteiger partial charge in [0.2, 0.25) is 0 Å². The van der Waals surface area contributed by atoms with Crippen LogP contribution in [0.1, 0.15) is 31.2 Å². The number of hydrogen-bond acceptors (Lipinski definition) is 4. The molecule has 3 heterocycles. The van der Waals surface area contributed by atoms with Crippen LogP contribution < -0.4 is 10.2 Å². The zero-order chi connectivity index (χ0) is 17.5. The number of rotatable bonds is 5. The standard InChI is InChI=1S/C19H31N5O.HI/c1-20-19(24-11-7-17(14-24)15-25-2)22-13-16-6-8-21-18(12-16)23-9-4-3-5-10-23;/h6,8,12,17H,3-5,7,9-11,13-15H2,1-2H3,(H,20,22);1H. The van der Waals surface area contributed by atoms with Gasteiger partial charge in [0, 0.05) is 59.0 Å². The number of methoxy groups -OCH3 is 1. The Morgan fingerprint density at radius 2 is 2.12 bits per heavy atom. The van der Waals surface area contributed by atoms with Crippen LogP contribution in [-0.4, -0.2) is 62.8 Å². The highest BCUT2D eigenvalue weighted by molar-refractivity contribution is 14.0. The zero-order valence-electron chi connectivity index (χ0n) is 16.0. The molecule has 0 amide bonds. The minimum absolute atomic E-state index is 0. The Kier molecular flexibility index (Phi) is 8.90. The summed E-state index contributed by atoms with van der Waals surface area (Å²) < 4.78 is 5.29. The molecule has 0 aliphatic carbocycles. The molecule has 6 nitrogen and oxygen atoms in total. The molecule has 1 aromatic rings. The second kappa shape index (κ2) is 10.9. The van der Waals surface area contributed by atoms with Crippen molar-refractivity contribution in [3.8, 4) is 0 Å². The van der Waals surface area contributed by atoms with Crippen molar-refractivity contribution in [3.63, 3.8) is 0 Å². The Labute approximate surface area is 174 Å². The summed E-state index contributed by atoms with van der Waals surface area (Å²) in [6.07, 6.45) is 6.98. The van der Waals surface area contributed by atoms with E-state index in [2.05, 4.69) is 37.2 Å². The first-order valence-corrected chi connectivity index (χ1v) is 9.44. The van der Waals surface area contributed by atoms with Crippen molar-refractivity contribution >= 4 is 35.8 Å². The number of ether oxygens (including phenoxy) is 1. The second-order valence-corrected chi connectivity index (χ2v) is 7.03. The van der Waals surface area contributed by atoms with E-state index in [0.717, 1.165) is 51.1 Å². The molecule has 146 valence electrons. The molecule has 1 aromatic heterocycles. The highest BCUT2D eigenvalue weighted by Crippen LogP contribution is 2.19. The first kappa shape index (κ1) is 21.2. The molecule has 0 spiro atoms. The summed E-state index contributed by atoms with van der Waals surface area (Å²) in [5.41, 5.74) is 1.25. The molecule has 1 unspecified atom stereocenters. The lowest BCUT2D eigenvalue weighted by molar-refractivity contribution is 0.157. The van der Waals surface area contributed by atoms with E-state index >= 15 is 0 Å². The molecule has 1 N–H and O–H groups in total. The molecule has 2 aliphatic rings. The number of nitrogens with one attached hydrogen (secondary N) is 1. The number of piperidine rings is 1. The van der Waals surface area contributed by atoms with Gasteiger partial charge < -0.3 is 19.9 Å². The van der Waals surface area contributed by atoms with Crippen LogP contribution in [-0.2, 0) is 11.3 Å². The van der Waals surface area contributed by atoms with Gasteiger partial charge in [0.05, 0.1) is 6.61 Å². The molecule has 0 aromatic carbocycles. The molecule has 1 atom stereocenters. The fourth-order valence-electron chi connectivity index (χ4n) is 3.78. The van der Waals surface area contributed by atoms with Crippen molar-refractivity contribution in [1.82, 2.24) is 15.2 Å². The maximum absolute atomic E-state index is 5.29. The minimum atomic E-state index is 0. The Bertz CT molecular complexity index is 577. The Morgan fingerprint density at radius 3 is 2.85 bits per heavy atom. The normalized spacial score (nSPS) is 20.8. The lowest BCUT2D eigenvalue weighted by Gasteiger charge is -2.28. The summed E-state index contributed by atoms with van der Waals surface area (Å²) in [5, 5.41) is 3.51. The van der Waals surface area contributed by atoms with Crippen molar-refractivity contribution in [2.24, 2.45) is 10.9 Å². The van der Waals surface area contributed by atoms with E-state index in [9.17, 15) is 0 Å². The van der Waals surface area contributed by atoms with Crippen molar-refractivity contribution in [1.29, 1.82) is 0 Å². The maximum atomic E-state index is 5.29. The van der Waals surface area contributed by atoms with Crippen molar-refractivity contribution in [3.05, 3.63) is 23.9 Å². The van der Waals surface area contributed by atoms with Gasteiger partial charge in [-0.3, -0.25) is 4.99 Å². The SMILES string of the molecule is CN=C(NCc1ccnc(N2CCCCC2)c1)N1CCC(COC)C1.I. The number of aliphatic imine (C=N–C) groups is 1. The molecule has 2 fully saturated rings. The van der Waals surface area contributed by atoms with Crippen LogP contribution in [0.2, 0.25) is 0 Å². The predicted molar refractivity (Wildman–Crippen MR) is 117 cm³/mol. The Morgan fingerprint density at radius 1 is 1.31 bits per heavy atom. The van der Waals surface area contributed by atoms with Crippen LogP contribution >= 0.6 is 24.0 Å². The zero-order valence-corrected chi connectivity index (χ0v) is 18.3. The molecule has 0 saturated carbocycles. The number of anilines is 1. The summed E-state index contributed by atoms with van der Waals surface area (Å²) in [6.45, 7) is 5.92. The third-order valence-corrected chi connectivity index (χ3v) is 5.14. The van der Waals surface area contributed by atoms with Crippen LogP contribution in [0.15, 0.2) is 23.3 Å². The third kappa shape index (κ3) is 5.70. The summed E-state index contributed by atoms with van der Waals surface area (Å²) in [7, 11) is 3.64.